The second-order valence-electron chi connectivity index (χ2n) is 4.25. The molecular formula is C13H11FN4O4. The predicted molar refractivity (Wildman–Crippen MR) is 75.2 cm³/mol. The smallest absolute Gasteiger partial charge is 0.306 e. The normalized spacial score (nSPS) is 10.3. The summed E-state index contributed by atoms with van der Waals surface area (Å²) < 4.78 is 14.3. The van der Waals surface area contributed by atoms with Crippen molar-refractivity contribution in [2.24, 2.45) is 0 Å². The number of amides is 1. The monoisotopic (exact) mass is 306 g/mol. The minimum absolute atomic E-state index is 0.0339. The lowest BCUT2D eigenvalue weighted by molar-refractivity contribution is -0.387. The van der Waals surface area contributed by atoms with Gasteiger partial charge in [0.05, 0.1) is 4.92 Å². The number of benzene rings is 1. The van der Waals surface area contributed by atoms with Gasteiger partial charge in [0, 0.05) is 24.4 Å². The van der Waals surface area contributed by atoms with Gasteiger partial charge in [0.2, 0.25) is 5.82 Å². The molecule has 9 heteroatoms. The highest BCUT2D eigenvalue weighted by Gasteiger charge is 2.16. The van der Waals surface area contributed by atoms with Gasteiger partial charge in [-0.15, -0.1) is 0 Å². The van der Waals surface area contributed by atoms with E-state index in [1.54, 1.807) is 6.92 Å². The van der Waals surface area contributed by atoms with Crippen molar-refractivity contribution < 1.29 is 14.1 Å². The zero-order valence-corrected chi connectivity index (χ0v) is 11.4. The average molecular weight is 306 g/mol. The number of nitrogens with zero attached hydrogens (tertiary/aromatic N) is 3. The number of rotatable bonds is 4. The summed E-state index contributed by atoms with van der Waals surface area (Å²) in [5.74, 6) is -1.66. The first-order valence-corrected chi connectivity index (χ1v) is 6.26. The molecule has 0 spiro atoms. The second kappa shape index (κ2) is 6.12. The van der Waals surface area contributed by atoms with Gasteiger partial charge in [-0.3, -0.25) is 19.7 Å². The lowest BCUT2D eigenvalue weighted by atomic mass is 10.2. The van der Waals surface area contributed by atoms with E-state index in [0.717, 1.165) is 16.8 Å². The Morgan fingerprint density at radius 1 is 1.41 bits per heavy atom. The largest absolute Gasteiger partial charge is 0.320 e. The van der Waals surface area contributed by atoms with Gasteiger partial charge in [0.15, 0.2) is 0 Å². The fourth-order valence-corrected chi connectivity index (χ4v) is 1.72. The summed E-state index contributed by atoms with van der Waals surface area (Å²) in [5, 5.41) is 16.9. The molecule has 0 aliphatic heterocycles. The number of nitro benzene ring substituents is 1. The Bertz CT molecular complexity index is 803. The minimum atomic E-state index is -0.999. The van der Waals surface area contributed by atoms with Crippen LogP contribution in [-0.2, 0) is 6.54 Å². The van der Waals surface area contributed by atoms with Gasteiger partial charge < -0.3 is 5.32 Å². The van der Waals surface area contributed by atoms with Crippen LogP contribution in [0.4, 0.5) is 15.8 Å². The van der Waals surface area contributed by atoms with Gasteiger partial charge in [0.1, 0.15) is 5.69 Å². The number of halogens is 1. The maximum absolute atomic E-state index is 13.2. The molecule has 8 nitrogen and oxygen atoms in total. The molecule has 1 aromatic carbocycles. The third-order valence-corrected chi connectivity index (χ3v) is 2.80. The molecule has 0 radical (unpaired) electrons. The Kier molecular flexibility index (Phi) is 4.25. The van der Waals surface area contributed by atoms with E-state index < -0.39 is 22.3 Å². The second-order valence-corrected chi connectivity index (χ2v) is 4.25. The summed E-state index contributed by atoms with van der Waals surface area (Å²) in [5.41, 5.74) is -1.08. The van der Waals surface area contributed by atoms with Gasteiger partial charge in [-0.25, -0.2) is 4.68 Å². The molecule has 1 aromatic heterocycles. The van der Waals surface area contributed by atoms with Crippen molar-refractivity contribution in [3.05, 3.63) is 62.3 Å². The maximum Gasteiger partial charge on any atom is 0.306 e. The molecule has 22 heavy (non-hydrogen) atoms. The number of aryl methyl sites for hydroxylation is 1. The molecule has 0 atom stereocenters. The molecule has 0 fully saturated rings. The maximum atomic E-state index is 13.2. The van der Waals surface area contributed by atoms with Crippen LogP contribution in [0, 0.1) is 15.9 Å². The van der Waals surface area contributed by atoms with Crippen LogP contribution < -0.4 is 10.9 Å². The summed E-state index contributed by atoms with van der Waals surface area (Å²) in [6.45, 7) is 1.99. The van der Waals surface area contributed by atoms with Crippen LogP contribution in [-0.4, -0.2) is 20.6 Å². The van der Waals surface area contributed by atoms with Crippen molar-refractivity contribution in [3.63, 3.8) is 0 Å². The van der Waals surface area contributed by atoms with Crippen LogP contribution in [0.5, 0.6) is 0 Å². The molecule has 0 saturated heterocycles. The average Bonchev–Trinajstić information content (AvgIpc) is 2.49. The summed E-state index contributed by atoms with van der Waals surface area (Å²) >= 11 is 0. The van der Waals surface area contributed by atoms with Crippen molar-refractivity contribution in [1.29, 1.82) is 0 Å². The van der Waals surface area contributed by atoms with E-state index in [1.165, 1.54) is 18.2 Å². The fourth-order valence-electron chi connectivity index (χ4n) is 1.72. The third kappa shape index (κ3) is 3.14. The third-order valence-electron chi connectivity index (χ3n) is 2.80. The van der Waals surface area contributed by atoms with Crippen molar-refractivity contribution in [1.82, 2.24) is 9.78 Å². The van der Waals surface area contributed by atoms with Crippen LogP contribution in [0.25, 0.3) is 0 Å². The van der Waals surface area contributed by atoms with E-state index in [9.17, 15) is 24.1 Å². The van der Waals surface area contributed by atoms with Crippen molar-refractivity contribution in [2.75, 3.05) is 5.32 Å². The molecule has 0 saturated carbocycles. The van der Waals surface area contributed by atoms with Gasteiger partial charge >= 0.3 is 5.69 Å². The molecule has 0 aliphatic carbocycles. The van der Waals surface area contributed by atoms with E-state index in [0.29, 0.717) is 6.54 Å². The molecular weight excluding hydrogens is 295 g/mol. The molecule has 2 rings (SSSR count). The Hall–Kier alpha value is -3.10. The lowest BCUT2D eigenvalue weighted by Gasteiger charge is -2.06. The number of aromatic nitrogens is 2. The van der Waals surface area contributed by atoms with Crippen LogP contribution in [0.15, 0.2) is 35.1 Å². The first-order valence-electron chi connectivity index (χ1n) is 6.26. The molecule has 114 valence electrons. The highest BCUT2D eigenvalue weighted by molar-refractivity contribution is 6.02. The van der Waals surface area contributed by atoms with Crippen LogP contribution in [0.2, 0.25) is 0 Å². The number of carbonyl (C=O) groups is 1. The van der Waals surface area contributed by atoms with E-state index >= 15 is 0 Å². The Labute approximate surface area is 123 Å². The lowest BCUT2D eigenvalue weighted by Crippen LogP contribution is -2.25. The first kappa shape index (κ1) is 15.3. The van der Waals surface area contributed by atoms with Crippen LogP contribution >= 0.6 is 0 Å². The molecule has 2 aromatic rings. The van der Waals surface area contributed by atoms with Crippen molar-refractivity contribution >= 4 is 17.3 Å². The van der Waals surface area contributed by atoms with Crippen LogP contribution in [0.3, 0.4) is 0 Å². The van der Waals surface area contributed by atoms with Gasteiger partial charge in [0.25, 0.3) is 11.5 Å². The van der Waals surface area contributed by atoms with Crippen molar-refractivity contribution in [3.8, 4) is 0 Å². The molecule has 0 unspecified atom stereocenters. The zero-order valence-electron chi connectivity index (χ0n) is 11.4. The highest BCUT2D eigenvalue weighted by atomic mass is 19.1. The molecule has 0 bridgehead atoms. The number of nitro groups is 1. The standard InChI is InChI=1S/C13H11FN4O4/c1-2-17-12(19)6-5-10(16-17)13(20)15-8-3-4-9(14)11(7-8)18(21)22/h3-7H,2H2,1H3,(H,15,20). The van der Waals surface area contributed by atoms with Crippen LogP contribution in [0.1, 0.15) is 17.4 Å². The Morgan fingerprint density at radius 2 is 2.14 bits per heavy atom. The summed E-state index contributed by atoms with van der Waals surface area (Å²) in [4.78, 5) is 33.2. The first-order chi connectivity index (χ1) is 10.4. The van der Waals surface area contributed by atoms with E-state index in [2.05, 4.69) is 10.4 Å². The van der Waals surface area contributed by atoms with E-state index in [-0.39, 0.29) is 16.9 Å². The van der Waals surface area contributed by atoms with E-state index in [1.807, 2.05) is 0 Å². The highest BCUT2D eigenvalue weighted by Crippen LogP contribution is 2.21. The Morgan fingerprint density at radius 3 is 2.77 bits per heavy atom. The molecule has 0 aliphatic rings. The topological polar surface area (TPSA) is 107 Å². The molecule has 1 heterocycles. The molecule has 1 N–H and O–H groups in total. The Balaban J connectivity index is 2.27. The summed E-state index contributed by atoms with van der Waals surface area (Å²) in [6, 6.07) is 5.41. The van der Waals surface area contributed by atoms with Gasteiger partial charge in [-0.2, -0.15) is 9.49 Å². The number of nitrogens with one attached hydrogen (secondary N) is 1. The molecule has 1 amide bonds. The summed E-state index contributed by atoms with van der Waals surface area (Å²) in [7, 11) is 0. The number of anilines is 1. The van der Waals surface area contributed by atoms with Crippen molar-refractivity contribution in [2.45, 2.75) is 13.5 Å². The zero-order chi connectivity index (χ0) is 16.3. The SMILES string of the molecule is CCn1nc(C(=O)Nc2ccc(F)c([N+](=O)[O-])c2)ccc1=O. The van der Waals surface area contributed by atoms with Gasteiger partial charge in [-0.05, 0) is 25.1 Å². The number of hydrogen-bond donors (Lipinski definition) is 1. The van der Waals surface area contributed by atoms with E-state index in [4.69, 9.17) is 0 Å². The summed E-state index contributed by atoms with van der Waals surface area (Å²) in [6.07, 6.45) is 0. The predicted octanol–water partition coefficient (Wildman–Crippen LogP) is 1.56. The van der Waals surface area contributed by atoms with Gasteiger partial charge in [-0.1, -0.05) is 0 Å². The fraction of sp³-hybridized carbons (Fsp3) is 0.154. The number of hydrogen-bond acceptors (Lipinski definition) is 5. The number of carbonyl (C=O) groups excluding carboxylic acids is 1. The quantitative estimate of drug-likeness (QED) is 0.681. The minimum Gasteiger partial charge on any atom is -0.320 e.